The molecular weight excluding hydrogens is 321 g/mol. The van der Waals surface area contributed by atoms with Gasteiger partial charge in [0.2, 0.25) is 0 Å². The molecule has 3 unspecified atom stereocenters. The van der Waals surface area contributed by atoms with Gasteiger partial charge in [-0.15, -0.1) is 0 Å². The van der Waals surface area contributed by atoms with Crippen molar-refractivity contribution in [3.05, 3.63) is 34.9 Å². The summed E-state index contributed by atoms with van der Waals surface area (Å²) in [5.74, 6) is -1.66. The van der Waals surface area contributed by atoms with Gasteiger partial charge in [-0.3, -0.25) is 9.09 Å². The van der Waals surface area contributed by atoms with E-state index < -0.39 is 50.3 Å². The minimum absolute atomic E-state index is 0.111. The third kappa shape index (κ3) is 3.53. The predicted octanol–water partition coefficient (Wildman–Crippen LogP) is 1.27. The van der Waals surface area contributed by atoms with Crippen LogP contribution in [0.1, 0.15) is 17.2 Å². The summed E-state index contributed by atoms with van der Waals surface area (Å²) in [6.45, 7) is 1.75. The molecule has 9 heteroatoms. The quantitative estimate of drug-likeness (QED) is 0.716. The zero-order chi connectivity index (χ0) is 16.7. The second kappa shape index (κ2) is 6.31. The molecule has 3 N–H and O–H groups in total. The fraction of sp³-hybridized carbons (Fsp3) is 0.538. The Morgan fingerprint density at radius 1 is 1.36 bits per heavy atom. The molecule has 6 nitrogen and oxygen atoms in total. The van der Waals surface area contributed by atoms with E-state index in [0.29, 0.717) is 6.07 Å². The third-order valence-corrected chi connectivity index (χ3v) is 4.05. The van der Waals surface area contributed by atoms with Crippen molar-refractivity contribution >= 4 is 7.60 Å². The molecule has 0 aliphatic carbocycles. The molecule has 0 bridgehead atoms. The van der Waals surface area contributed by atoms with Crippen LogP contribution in [0.4, 0.5) is 8.78 Å². The summed E-state index contributed by atoms with van der Waals surface area (Å²) in [6, 6.07) is 1.85. The van der Waals surface area contributed by atoms with Gasteiger partial charge in [-0.25, -0.2) is 8.78 Å². The van der Waals surface area contributed by atoms with Crippen molar-refractivity contribution in [1.29, 1.82) is 0 Å². The molecule has 0 spiro atoms. The molecule has 22 heavy (non-hydrogen) atoms. The van der Waals surface area contributed by atoms with Crippen LogP contribution in [0.25, 0.3) is 0 Å². The topological polar surface area (TPSA) is 96.2 Å². The number of aliphatic hydroxyl groups excluding tert-OH is 2. The summed E-state index contributed by atoms with van der Waals surface area (Å²) in [5, 5.41) is 19.4. The van der Waals surface area contributed by atoms with Gasteiger partial charge >= 0.3 is 7.60 Å². The van der Waals surface area contributed by atoms with E-state index in [1.54, 1.807) is 0 Å². The van der Waals surface area contributed by atoms with Crippen LogP contribution in [0.5, 0.6) is 0 Å². The van der Waals surface area contributed by atoms with E-state index in [-0.39, 0.29) is 11.1 Å². The van der Waals surface area contributed by atoms with Crippen LogP contribution in [0, 0.1) is 18.6 Å². The molecule has 0 saturated carbocycles. The van der Waals surface area contributed by atoms with Crippen LogP contribution >= 0.6 is 7.60 Å². The van der Waals surface area contributed by atoms with E-state index in [9.17, 15) is 28.5 Å². The first-order valence-corrected chi connectivity index (χ1v) is 8.55. The summed E-state index contributed by atoms with van der Waals surface area (Å²) in [7, 11) is -3.95. The maximum Gasteiger partial charge on any atom is 0.325 e. The Kier molecular flexibility index (Phi) is 5.01. The Hall–Kier alpha value is -0.890. The van der Waals surface area contributed by atoms with E-state index in [4.69, 9.17) is 9.26 Å². The summed E-state index contributed by atoms with van der Waals surface area (Å²) in [4.78, 5) is 9.26. The Balaban J connectivity index is 2.34. The highest BCUT2D eigenvalue weighted by Crippen LogP contribution is 2.45. The molecule has 5 atom stereocenters. The van der Waals surface area contributed by atoms with Gasteiger partial charge in [0.25, 0.3) is 0 Å². The molecule has 1 saturated heterocycles. The fourth-order valence-corrected chi connectivity index (χ4v) is 3.11. The average Bonchev–Trinajstić information content (AvgIpc) is 2.69. The van der Waals surface area contributed by atoms with E-state index in [1.165, 1.54) is 13.0 Å². The van der Waals surface area contributed by atoms with Crippen LogP contribution in [-0.4, -0.2) is 46.7 Å². The Labute approximate surface area is 125 Å². The zero-order valence-corrected chi connectivity index (χ0v) is 12.8. The van der Waals surface area contributed by atoms with Crippen molar-refractivity contribution in [2.75, 3.05) is 13.3 Å². The second-order valence-corrected chi connectivity index (χ2v) is 7.08. The molecule has 2 rings (SSSR count). The number of rotatable bonds is 4. The normalized spacial score (nSPS) is 31.2. The predicted molar refractivity (Wildman–Crippen MR) is 72.4 cm³/mol. The van der Waals surface area contributed by atoms with E-state index >= 15 is 0 Å². The highest BCUT2D eigenvalue weighted by Gasteiger charge is 2.47. The molecule has 1 aliphatic rings. The molecule has 1 aromatic rings. The molecule has 0 aromatic heterocycles. The first-order valence-electron chi connectivity index (χ1n) is 6.52. The maximum absolute atomic E-state index is 13.9. The highest BCUT2D eigenvalue weighted by atomic mass is 31.2. The molecule has 0 amide bonds. The van der Waals surface area contributed by atoms with Gasteiger partial charge in [0, 0.05) is 18.3 Å². The lowest BCUT2D eigenvalue weighted by molar-refractivity contribution is -0.0207. The van der Waals surface area contributed by atoms with Crippen LogP contribution in [-0.2, 0) is 13.8 Å². The summed E-state index contributed by atoms with van der Waals surface area (Å²) < 4.78 is 48.7. The number of halogens is 2. The van der Waals surface area contributed by atoms with Crippen LogP contribution in [0.15, 0.2) is 12.1 Å². The molecule has 1 fully saturated rings. The smallest absolute Gasteiger partial charge is 0.325 e. The van der Waals surface area contributed by atoms with Crippen LogP contribution in [0.2, 0.25) is 0 Å². The molecule has 1 aromatic carbocycles. The Morgan fingerprint density at radius 3 is 2.55 bits per heavy atom. The van der Waals surface area contributed by atoms with Gasteiger partial charge < -0.3 is 19.8 Å². The lowest BCUT2D eigenvalue weighted by Gasteiger charge is -2.21. The minimum atomic E-state index is -3.95. The number of hydrogen-bond acceptors (Lipinski definition) is 5. The number of hydrogen-bond donors (Lipinski definition) is 3. The fourth-order valence-electron chi connectivity index (χ4n) is 2.40. The second-order valence-electron chi connectivity index (χ2n) is 5.26. The number of aryl methyl sites for hydroxylation is 1. The Bertz CT molecular complexity index is 604. The molecule has 1 heterocycles. The van der Waals surface area contributed by atoms with Crippen molar-refractivity contribution in [3.8, 4) is 0 Å². The average molecular weight is 338 g/mol. The number of ether oxygens (including phenoxy) is 1. The highest BCUT2D eigenvalue weighted by molar-refractivity contribution is 7.51. The van der Waals surface area contributed by atoms with Crippen molar-refractivity contribution in [2.45, 2.75) is 31.3 Å². The SMILES string of the molecule is Cc1cc([C@@H]2O[C@H](CO)C(OP(C)(=O)O)C2O)c(F)cc1F. The van der Waals surface area contributed by atoms with Crippen molar-refractivity contribution in [2.24, 2.45) is 0 Å². The van der Waals surface area contributed by atoms with E-state index in [2.05, 4.69) is 0 Å². The molecular formula is C13H17F2O6P. The molecule has 124 valence electrons. The van der Waals surface area contributed by atoms with Gasteiger partial charge in [0.1, 0.15) is 36.1 Å². The van der Waals surface area contributed by atoms with Crippen molar-refractivity contribution in [1.82, 2.24) is 0 Å². The molecule has 1 aliphatic heterocycles. The van der Waals surface area contributed by atoms with Crippen LogP contribution in [0.3, 0.4) is 0 Å². The van der Waals surface area contributed by atoms with Gasteiger partial charge in [-0.1, -0.05) is 0 Å². The van der Waals surface area contributed by atoms with Gasteiger partial charge in [-0.2, -0.15) is 0 Å². The lowest BCUT2D eigenvalue weighted by atomic mass is 9.99. The number of aliphatic hydroxyl groups is 2. The van der Waals surface area contributed by atoms with E-state index in [1.807, 2.05) is 0 Å². The molecule has 0 radical (unpaired) electrons. The van der Waals surface area contributed by atoms with Gasteiger partial charge in [0.15, 0.2) is 0 Å². The summed E-state index contributed by atoms with van der Waals surface area (Å²) >= 11 is 0. The lowest BCUT2D eigenvalue weighted by Crippen LogP contribution is -2.34. The summed E-state index contributed by atoms with van der Waals surface area (Å²) in [5.41, 5.74) is 0.0419. The summed E-state index contributed by atoms with van der Waals surface area (Å²) in [6.07, 6.45) is -5.14. The Morgan fingerprint density at radius 2 is 2.00 bits per heavy atom. The third-order valence-electron chi connectivity index (χ3n) is 3.42. The van der Waals surface area contributed by atoms with Crippen molar-refractivity contribution in [3.63, 3.8) is 0 Å². The minimum Gasteiger partial charge on any atom is -0.394 e. The van der Waals surface area contributed by atoms with E-state index in [0.717, 1.165) is 6.66 Å². The first kappa shape index (κ1) is 17.5. The largest absolute Gasteiger partial charge is 0.394 e. The zero-order valence-electron chi connectivity index (χ0n) is 11.9. The standard InChI is InChI=1S/C13H17F2O6P/c1-6-3-7(9(15)4-8(6)14)12-11(17)13(10(5-16)20-12)21-22(2,18)19/h3-4,10-13,16-17H,5H2,1-2H3,(H,18,19)/t10-,11?,12+,13?/m1/s1. The first-order chi connectivity index (χ1) is 10.1. The van der Waals surface area contributed by atoms with Gasteiger partial charge in [0.05, 0.1) is 6.61 Å². The maximum atomic E-state index is 13.9. The monoisotopic (exact) mass is 338 g/mol. The van der Waals surface area contributed by atoms with Crippen molar-refractivity contribution < 1.29 is 37.7 Å². The number of benzene rings is 1. The van der Waals surface area contributed by atoms with Gasteiger partial charge in [-0.05, 0) is 18.6 Å². The van der Waals surface area contributed by atoms with Crippen LogP contribution < -0.4 is 0 Å².